The number of H-pyrrole nitrogens is 2. The lowest BCUT2D eigenvalue weighted by Crippen LogP contribution is -2.27. The third-order valence-electron chi connectivity index (χ3n) is 4.17. The van der Waals surface area contributed by atoms with Crippen molar-refractivity contribution < 1.29 is 0 Å². The van der Waals surface area contributed by atoms with Crippen molar-refractivity contribution in [2.45, 2.75) is 31.3 Å². The van der Waals surface area contributed by atoms with Gasteiger partial charge in [0.15, 0.2) is 0 Å². The van der Waals surface area contributed by atoms with Crippen molar-refractivity contribution in [2.24, 2.45) is 0 Å². The standard InChI is InChI=1S/C14H18N4O/c19-14-16-12-4-1-9(7-13(12)17-14)15-10-5-6-18(8-10)11-2-3-11/h1,4,7,10-11,15H,2-3,5-6,8H2,(H2,16,17,19). The number of anilines is 1. The molecule has 0 amide bonds. The molecule has 1 aromatic heterocycles. The van der Waals surface area contributed by atoms with Gasteiger partial charge in [-0.05, 0) is 37.5 Å². The molecule has 5 nitrogen and oxygen atoms in total. The predicted octanol–water partition coefficient (Wildman–Crippen LogP) is 1.50. The van der Waals surface area contributed by atoms with Crippen molar-refractivity contribution in [3.8, 4) is 0 Å². The van der Waals surface area contributed by atoms with E-state index in [0.717, 1.165) is 29.3 Å². The molecule has 100 valence electrons. The van der Waals surface area contributed by atoms with Gasteiger partial charge in [0.25, 0.3) is 0 Å². The van der Waals surface area contributed by atoms with Crippen LogP contribution in [0.5, 0.6) is 0 Å². The van der Waals surface area contributed by atoms with Crippen molar-refractivity contribution in [1.29, 1.82) is 0 Å². The zero-order chi connectivity index (χ0) is 12.8. The highest BCUT2D eigenvalue weighted by molar-refractivity contribution is 5.78. The van der Waals surface area contributed by atoms with Crippen LogP contribution in [0.1, 0.15) is 19.3 Å². The van der Waals surface area contributed by atoms with E-state index in [0.29, 0.717) is 6.04 Å². The lowest BCUT2D eigenvalue weighted by atomic mass is 10.2. The van der Waals surface area contributed by atoms with E-state index < -0.39 is 0 Å². The normalized spacial score (nSPS) is 24.1. The topological polar surface area (TPSA) is 63.9 Å². The molecule has 2 aromatic rings. The molecule has 1 aromatic carbocycles. The van der Waals surface area contributed by atoms with E-state index in [2.05, 4.69) is 20.2 Å². The number of likely N-dealkylation sites (tertiary alicyclic amines) is 1. The van der Waals surface area contributed by atoms with Gasteiger partial charge in [0.05, 0.1) is 11.0 Å². The molecule has 0 bridgehead atoms. The maximum atomic E-state index is 11.2. The highest BCUT2D eigenvalue weighted by Gasteiger charge is 2.34. The molecular formula is C14H18N4O. The molecule has 1 atom stereocenters. The number of imidazole rings is 1. The predicted molar refractivity (Wildman–Crippen MR) is 75.5 cm³/mol. The minimum absolute atomic E-state index is 0.145. The summed E-state index contributed by atoms with van der Waals surface area (Å²) < 4.78 is 0. The lowest BCUT2D eigenvalue weighted by molar-refractivity contribution is 0.326. The van der Waals surface area contributed by atoms with Crippen LogP contribution in [-0.2, 0) is 0 Å². The Morgan fingerprint density at radius 3 is 2.84 bits per heavy atom. The van der Waals surface area contributed by atoms with Crippen molar-refractivity contribution >= 4 is 16.7 Å². The second-order valence-corrected chi connectivity index (χ2v) is 5.70. The molecule has 2 heterocycles. The number of hydrogen-bond donors (Lipinski definition) is 3. The van der Waals surface area contributed by atoms with Gasteiger partial charge in [-0.15, -0.1) is 0 Å². The van der Waals surface area contributed by atoms with Crippen molar-refractivity contribution in [1.82, 2.24) is 14.9 Å². The van der Waals surface area contributed by atoms with Crippen LogP contribution in [0.15, 0.2) is 23.0 Å². The van der Waals surface area contributed by atoms with Crippen LogP contribution in [0.4, 0.5) is 5.69 Å². The van der Waals surface area contributed by atoms with E-state index in [4.69, 9.17) is 0 Å². The molecule has 1 unspecified atom stereocenters. The van der Waals surface area contributed by atoms with E-state index in [1.165, 1.54) is 25.8 Å². The van der Waals surface area contributed by atoms with E-state index >= 15 is 0 Å². The number of rotatable bonds is 3. The fraction of sp³-hybridized carbons (Fsp3) is 0.500. The van der Waals surface area contributed by atoms with Crippen LogP contribution < -0.4 is 11.0 Å². The Labute approximate surface area is 111 Å². The van der Waals surface area contributed by atoms with E-state index in [-0.39, 0.29) is 5.69 Å². The van der Waals surface area contributed by atoms with Gasteiger partial charge in [0.2, 0.25) is 0 Å². The van der Waals surface area contributed by atoms with Gasteiger partial charge in [-0.1, -0.05) is 0 Å². The summed E-state index contributed by atoms with van der Waals surface area (Å²) in [6, 6.07) is 7.38. The SMILES string of the molecule is O=c1[nH]c2ccc(NC3CCN(C4CC4)C3)cc2[nH]1. The number of nitrogens with one attached hydrogen (secondary N) is 3. The number of benzene rings is 1. The number of fused-ring (bicyclic) bond motifs is 1. The summed E-state index contributed by atoms with van der Waals surface area (Å²) in [5, 5.41) is 3.58. The molecule has 2 aliphatic rings. The molecule has 1 saturated heterocycles. The Balaban J connectivity index is 1.50. The monoisotopic (exact) mass is 258 g/mol. The lowest BCUT2D eigenvalue weighted by Gasteiger charge is -2.16. The van der Waals surface area contributed by atoms with Gasteiger partial charge in [0.1, 0.15) is 0 Å². The van der Waals surface area contributed by atoms with Crippen LogP contribution >= 0.6 is 0 Å². The largest absolute Gasteiger partial charge is 0.381 e. The molecular weight excluding hydrogens is 240 g/mol. The fourth-order valence-corrected chi connectivity index (χ4v) is 3.03. The number of aromatic nitrogens is 2. The molecule has 5 heteroatoms. The molecule has 1 aliphatic carbocycles. The summed E-state index contributed by atoms with van der Waals surface area (Å²) in [6.45, 7) is 2.36. The maximum Gasteiger partial charge on any atom is 0.323 e. The van der Waals surface area contributed by atoms with Gasteiger partial charge < -0.3 is 15.3 Å². The first-order valence-corrected chi connectivity index (χ1v) is 7.00. The first kappa shape index (κ1) is 11.1. The molecule has 1 aliphatic heterocycles. The van der Waals surface area contributed by atoms with Crippen LogP contribution in [0.3, 0.4) is 0 Å². The fourth-order valence-electron chi connectivity index (χ4n) is 3.03. The average Bonchev–Trinajstić information content (AvgIpc) is 3.02. The molecule has 1 saturated carbocycles. The first-order chi connectivity index (χ1) is 9.28. The zero-order valence-electron chi connectivity index (χ0n) is 10.8. The zero-order valence-corrected chi connectivity index (χ0v) is 10.8. The molecule has 4 rings (SSSR count). The Morgan fingerprint density at radius 1 is 1.16 bits per heavy atom. The summed E-state index contributed by atoms with van der Waals surface area (Å²) in [5.41, 5.74) is 2.67. The van der Waals surface area contributed by atoms with Crippen LogP contribution in [0.2, 0.25) is 0 Å². The van der Waals surface area contributed by atoms with Crippen molar-refractivity contribution in [2.75, 3.05) is 18.4 Å². The van der Waals surface area contributed by atoms with Gasteiger partial charge in [0, 0.05) is 30.9 Å². The van der Waals surface area contributed by atoms with E-state index in [1.54, 1.807) is 0 Å². The van der Waals surface area contributed by atoms with E-state index in [9.17, 15) is 4.79 Å². The number of aromatic amines is 2. The summed E-state index contributed by atoms with van der Waals surface area (Å²) in [6.07, 6.45) is 3.96. The quantitative estimate of drug-likeness (QED) is 0.782. The highest BCUT2D eigenvalue weighted by atomic mass is 16.1. The molecule has 0 radical (unpaired) electrons. The van der Waals surface area contributed by atoms with Gasteiger partial charge in [-0.25, -0.2) is 4.79 Å². The second-order valence-electron chi connectivity index (χ2n) is 5.70. The van der Waals surface area contributed by atoms with Crippen LogP contribution in [-0.4, -0.2) is 40.0 Å². The Kier molecular flexibility index (Phi) is 2.41. The molecule has 3 N–H and O–H groups in total. The molecule has 19 heavy (non-hydrogen) atoms. The minimum Gasteiger partial charge on any atom is -0.381 e. The van der Waals surface area contributed by atoms with E-state index in [1.807, 2.05) is 18.2 Å². The Morgan fingerprint density at radius 2 is 2.00 bits per heavy atom. The summed E-state index contributed by atoms with van der Waals surface area (Å²) in [7, 11) is 0. The molecule has 0 spiro atoms. The summed E-state index contributed by atoms with van der Waals surface area (Å²) >= 11 is 0. The maximum absolute atomic E-state index is 11.2. The van der Waals surface area contributed by atoms with Gasteiger partial charge in [-0.2, -0.15) is 0 Å². The summed E-state index contributed by atoms with van der Waals surface area (Å²) in [5.74, 6) is 0. The Hall–Kier alpha value is -1.75. The Bertz CT molecular complexity index is 655. The van der Waals surface area contributed by atoms with Gasteiger partial charge in [-0.3, -0.25) is 4.90 Å². The summed E-state index contributed by atoms with van der Waals surface area (Å²) in [4.78, 5) is 19.4. The average molecular weight is 258 g/mol. The second kappa shape index (κ2) is 4.13. The minimum atomic E-state index is -0.145. The number of hydrogen-bond acceptors (Lipinski definition) is 3. The van der Waals surface area contributed by atoms with Crippen LogP contribution in [0.25, 0.3) is 11.0 Å². The smallest absolute Gasteiger partial charge is 0.323 e. The third-order valence-corrected chi connectivity index (χ3v) is 4.17. The van der Waals surface area contributed by atoms with Crippen molar-refractivity contribution in [3.63, 3.8) is 0 Å². The first-order valence-electron chi connectivity index (χ1n) is 7.00. The van der Waals surface area contributed by atoms with Crippen LogP contribution in [0, 0.1) is 0 Å². The molecule has 2 fully saturated rings. The highest BCUT2D eigenvalue weighted by Crippen LogP contribution is 2.30. The van der Waals surface area contributed by atoms with Gasteiger partial charge >= 0.3 is 5.69 Å². The number of nitrogens with zero attached hydrogens (tertiary/aromatic N) is 1. The van der Waals surface area contributed by atoms with Crippen molar-refractivity contribution in [3.05, 3.63) is 28.7 Å². The third kappa shape index (κ3) is 2.14.